The molecular formula is C19H20FN3O3S. The van der Waals surface area contributed by atoms with Crippen LogP contribution in [-0.2, 0) is 11.2 Å². The Balaban J connectivity index is 1.49. The van der Waals surface area contributed by atoms with Crippen molar-refractivity contribution in [2.45, 2.75) is 31.7 Å². The van der Waals surface area contributed by atoms with E-state index in [1.165, 1.54) is 23.5 Å². The van der Waals surface area contributed by atoms with Gasteiger partial charge in [-0.05, 0) is 49.9 Å². The SMILES string of the molecule is O=C(O)C1CCN(C(=O)NC2CCCc3nc(-c4ccc(F)cc4)sc32)C1. The molecule has 0 spiro atoms. The zero-order valence-corrected chi connectivity index (χ0v) is 15.5. The number of benzene rings is 1. The molecule has 0 saturated carbocycles. The van der Waals surface area contributed by atoms with Gasteiger partial charge in [-0.1, -0.05) is 0 Å². The molecule has 2 aromatic rings. The molecule has 142 valence electrons. The maximum Gasteiger partial charge on any atom is 0.317 e. The van der Waals surface area contributed by atoms with Crippen molar-refractivity contribution in [2.75, 3.05) is 13.1 Å². The van der Waals surface area contributed by atoms with E-state index in [1.54, 1.807) is 17.0 Å². The summed E-state index contributed by atoms with van der Waals surface area (Å²) in [6.07, 6.45) is 3.13. The molecule has 2 amide bonds. The number of urea groups is 1. The number of carbonyl (C=O) groups excluding carboxylic acids is 1. The van der Waals surface area contributed by atoms with Gasteiger partial charge < -0.3 is 15.3 Å². The quantitative estimate of drug-likeness (QED) is 0.842. The summed E-state index contributed by atoms with van der Waals surface area (Å²) in [7, 11) is 0. The molecule has 0 radical (unpaired) electrons. The third-order valence-corrected chi connectivity index (χ3v) is 6.42. The lowest BCUT2D eigenvalue weighted by molar-refractivity contribution is -0.141. The summed E-state index contributed by atoms with van der Waals surface area (Å²) in [6, 6.07) is 5.93. The van der Waals surface area contributed by atoms with Crippen LogP contribution in [0, 0.1) is 11.7 Å². The van der Waals surface area contributed by atoms with Crippen molar-refractivity contribution in [1.82, 2.24) is 15.2 Å². The van der Waals surface area contributed by atoms with Gasteiger partial charge in [-0.2, -0.15) is 0 Å². The van der Waals surface area contributed by atoms with E-state index in [4.69, 9.17) is 10.1 Å². The molecule has 1 saturated heterocycles. The minimum atomic E-state index is -0.850. The second-order valence-electron chi connectivity index (χ2n) is 7.00. The van der Waals surface area contributed by atoms with Crippen LogP contribution in [0.3, 0.4) is 0 Å². The van der Waals surface area contributed by atoms with Gasteiger partial charge in [0, 0.05) is 18.7 Å². The Bertz CT molecular complexity index is 868. The molecule has 1 aromatic carbocycles. The molecule has 8 heteroatoms. The third-order valence-electron chi connectivity index (χ3n) is 5.16. The van der Waals surface area contributed by atoms with Gasteiger partial charge in [-0.15, -0.1) is 11.3 Å². The van der Waals surface area contributed by atoms with Gasteiger partial charge in [-0.25, -0.2) is 14.2 Å². The molecule has 1 fully saturated rings. The van der Waals surface area contributed by atoms with Crippen LogP contribution >= 0.6 is 11.3 Å². The highest BCUT2D eigenvalue weighted by Crippen LogP contribution is 2.38. The fourth-order valence-electron chi connectivity index (χ4n) is 3.66. The number of aryl methyl sites for hydroxylation is 1. The number of carboxylic acids is 1. The molecule has 6 nitrogen and oxygen atoms in total. The maximum absolute atomic E-state index is 13.2. The number of aromatic nitrogens is 1. The van der Waals surface area contributed by atoms with Crippen LogP contribution in [0.25, 0.3) is 10.6 Å². The molecule has 27 heavy (non-hydrogen) atoms. The van der Waals surface area contributed by atoms with Crippen molar-refractivity contribution in [3.8, 4) is 10.6 Å². The minimum Gasteiger partial charge on any atom is -0.481 e. The zero-order valence-electron chi connectivity index (χ0n) is 14.7. The minimum absolute atomic E-state index is 0.114. The maximum atomic E-state index is 13.2. The number of thiazole rings is 1. The van der Waals surface area contributed by atoms with Crippen molar-refractivity contribution in [3.63, 3.8) is 0 Å². The number of amides is 2. The fraction of sp³-hybridized carbons (Fsp3) is 0.421. The molecule has 2 atom stereocenters. The third kappa shape index (κ3) is 3.66. The summed E-state index contributed by atoms with van der Waals surface area (Å²) in [5, 5.41) is 13.0. The molecule has 2 unspecified atom stereocenters. The summed E-state index contributed by atoms with van der Waals surface area (Å²) in [4.78, 5) is 31.0. The lowest BCUT2D eigenvalue weighted by atomic mass is 9.98. The first-order chi connectivity index (χ1) is 13.0. The largest absolute Gasteiger partial charge is 0.481 e. The molecule has 2 N–H and O–H groups in total. The van der Waals surface area contributed by atoms with Gasteiger partial charge in [-0.3, -0.25) is 4.79 Å². The summed E-state index contributed by atoms with van der Waals surface area (Å²) in [5.41, 5.74) is 1.85. The Labute approximate surface area is 160 Å². The molecule has 4 rings (SSSR count). The highest BCUT2D eigenvalue weighted by Gasteiger charge is 2.33. The second kappa shape index (κ2) is 7.26. The van der Waals surface area contributed by atoms with Crippen LogP contribution in [0.4, 0.5) is 9.18 Å². The van der Waals surface area contributed by atoms with E-state index < -0.39 is 11.9 Å². The van der Waals surface area contributed by atoms with Crippen LogP contribution in [0.2, 0.25) is 0 Å². The standard InChI is InChI=1S/C19H20FN3O3S/c20-13-6-4-11(5-7-13)17-21-14-2-1-3-15(16(14)27-17)22-19(26)23-9-8-12(10-23)18(24)25/h4-7,12,15H,1-3,8-10H2,(H,22,26)(H,24,25). The molecule has 1 aliphatic heterocycles. The number of halogens is 1. The normalized spacial score (nSPS) is 21.7. The summed E-state index contributed by atoms with van der Waals surface area (Å²) >= 11 is 1.53. The van der Waals surface area contributed by atoms with E-state index in [9.17, 15) is 14.0 Å². The number of fused-ring (bicyclic) bond motifs is 1. The van der Waals surface area contributed by atoms with Gasteiger partial charge in [0.15, 0.2) is 0 Å². The predicted molar refractivity (Wildman–Crippen MR) is 99.0 cm³/mol. The molecule has 2 aliphatic rings. The van der Waals surface area contributed by atoms with Crippen LogP contribution in [0.15, 0.2) is 24.3 Å². The van der Waals surface area contributed by atoms with E-state index in [2.05, 4.69) is 5.32 Å². The zero-order chi connectivity index (χ0) is 19.0. The van der Waals surface area contributed by atoms with Crippen LogP contribution in [0.1, 0.15) is 35.9 Å². The predicted octanol–water partition coefficient (Wildman–Crippen LogP) is 3.44. The highest BCUT2D eigenvalue weighted by molar-refractivity contribution is 7.15. The molecule has 2 heterocycles. The Kier molecular flexibility index (Phi) is 4.82. The number of nitrogens with zero attached hydrogens (tertiary/aromatic N) is 2. The van der Waals surface area contributed by atoms with Crippen molar-refractivity contribution in [2.24, 2.45) is 5.92 Å². The number of rotatable bonds is 3. The van der Waals surface area contributed by atoms with Crippen LogP contribution in [-0.4, -0.2) is 40.1 Å². The van der Waals surface area contributed by atoms with Crippen LogP contribution in [0.5, 0.6) is 0 Å². The van der Waals surface area contributed by atoms with Gasteiger partial charge in [0.05, 0.1) is 22.5 Å². The Hall–Kier alpha value is -2.48. The average molecular weight is 389 g/mol. The Morgan fingerprint density at radius 3 is 2.74 bits per heavy atom. The molecule has 1 aromatic heterocycles. The first-order valence-corrected chi connectivity index (χ1v) is 9.86. The van der Waals surface area contributed by atoms with E-state index in [1.807, 2.05) is 0 Å². The van der Waals surface area contributed by atoms with Gasteiger partial charge in [0.25, 0.3) is 0 Å². The number of aliphatic carboxylic acids is 1. The van der Waals surface area contributed by atoms with E-state index in [0.29, 0.717) is 13.0 Å². The first kappa shape index (κ1) is 17.9. The summed E-state index contributed by atoms with van der Waals surface area (Å²) in [5.74, 6) is -1.61. The summed E-state index contributed by atoms with van der Waals surface area (Å²) < 4.78 is 13.2. The Morgan fingerprint density at radius 1 is 1.26 bits per heavy atom. The number of nitrogens with one attached hydrogen (secondary N) is 1. The average Bonchev–Trinajstić information content (AvgIpc) is 3.30. The van der Waals surface area contributed by atoms with Gasteiger partial charge >= 0.3 is 12.0 Å². The topological polar surface area (TPSA) is 82.5 Å². The van der Waals surface area contributed by atoms with Gasteiger partial charge in [0.1, 0.15) is 10.8 Å². The van der Waals surface area contributed by atoms with Crippen molar-refractivity contribution >= 4 is 23.3 Å². The van der Waals surface area contributed by atoms with Crippen molar-refractivity contribution in [1.29, 1.82) is 0 Å². The number of likely N-dealkylation sites (tertiary alicyclic amines) is 1. The van der Waals surface area contributed by atoms with E-state index in [-0.39, 0.29) is 24.4 Å². The number of carboxylic acid groups (broad SMARTS) is 1. The fourth-order valence-corrected chi connectivity index (χ4v) is 4.86. The molecule has 1 aliphatic carbocycles. The summed E-state index contributed by atoms with van der Waals surface area (Å²) in [6.45, 7) is 0.718. The Morgan fingerprint density at radius 2 is 2.04 bits per heavy atom. The van der Waals surface area contributed by atoms with Crippen molar-refractivity contribution < 1.29 is 19.1 Å². The molecular weight excluding hydrogens is 369 g/mol. The number of hydrogen-bond acceptors (Lipinski definition) is 4. The van der Waals surface area contributed by atoms with Crippen molar-refractivity contribution in [3.05, 3.63) is 40.7 Å². The van der Waals surface area contributed by atoms with Gasteiger partial charge in [0.2, 0.25) is 0 Å². The van der Waals surface area contributed by atoms with E-state index >= 15 is 0 Å². The lowest BCUT2D eigenvalue weighted by Crippen LogP contribution is -2.41. The molecule has 0 bridgehead atoms. The van der Waals surface area contributed by atoms with Crippen LogP contribution < -0.4 is 5.32 Å². The number of hydrogen-bond donors (Lipinski definition) is 2. The first-order valence-electron chi connectivity index (χ1n) is 9.05. The smallest absolute Gasteiger partial charge is 0.317 e. The van der Waals surface area contributed by atoms with E-state index in [0.717, 1.165) is 40.4 Å². The highest BCUT2D eigenvalue weighted by atomic mass is 32.1. The second-order valence-corrected chi connectivity index (χ2v) is 8.03. The lowest BCUT2D eigenvalue weighted by Gasteiger charge is -2.25. The monoisotopic (exact) mass is 389 g/mol. The number of carbonyl (C=O) groups is 2.